The Morgan fingerprint density at radius 2 is 2.00 bits per heavy atom. The molecule has 1 heterocycles. The highest BCUT2D eigenvalue weighted by Crippen LogP contribution is 2.29. The van der Waals surface area contributed by atoms with Crippen molar-refractivity contribution >= 4 is 29.1 Å². The first-order valence-corrected chi connectivity index (χ1v) is 9.86. The summed E-state index contributed by atoms with van der Waals surface area (Å²) in [4.78, 5) is 26.9. The summed E-state index contributed by atoms with van der Waals surface area (Å²) in [6.07, 6.45) is 0.202. The fourth-order valence-corrected chi connectivity index (χ4v) is 3.58. The van der Waals surface area contributed by atoms with Crippen LogP contribution in [0.4, 0.5) is 5.69 Å². The topological polar surface area (TPSA) is 58.6 Å². The number of halogens is 1. The number of anilines is 1. The van der Waals surface area contributed by atoms with Crippen molar-refractivity contribution in [3.63, 3.8) is 0 Å². The zero-order chi connectivity index (χ0) is 20.3. The molecule has 0 spiro atoms. The predicted octanol–water partition coefficient (Wildman–Crippen LogP) is 4.28. The van der Waals surface area contributed by atoms with Crippen LogP contribution in [0.1, 0.15) is 37.4 Å². The Labute approximate surface area is 170 Å². The maximum absolute atomic E-state index is 12.8. The van der Waals surface area contributed by atoms with Gasteiger partial charge in [0, 0.05) is 29.2 Å². The number of carbonyl (C=O) groups excluding carboxylic acids is 2. The number of amides is 2. The zero-order valence-electron chi connectivity index (χ0n) is 16.4. The lowest BCUT2D eigenvalue weighted by molar-refractivity contribution is -0.126. The summed E-state index contributed by atoms with van der Waals surface area (Å²) in [6.45, 7) is 6.80. The number of rotatable bonds is 6. The first-order valence-electron chi connectivity index (χ1n) is 9.48. The summed E-state index contributed by atoms with van der Waals surface area (Å²) in [6, 6.07) is 12.8. The van der Waals surface area contributed by atoms with E-state index >= 15 is 0 Å². The van der Waals surface area contributed by atoms with Crippen LogP contribution in [0.15, 0.2) is 42.5 Å². The SMILES string of the molecule is CCOc1ccc(C)cc1C(C)NC(=O)C1CC(=O)N(c2ccc(Cl)cc2)C1. The van der Waals surface area contributed by atoms with Gasteiger partial charge in [-0.15, -0.1) is 0 Å². The van der Waals surface area contributed by atoms with E-state index in [9.17, 15) is 9.59 Å². The van der Waals surface area contributed by atoms with E-state index in [-0.39, 0.29) is 30.2 Å². The minimum absolute atomic E-state index is 0.0549. The van der Waals surface area contributed by atoms with Gasteiger partial charge in [-0.25, -0.2) is 0 Å². The Hall–Kier alpha value is -2.53. The van der Waals surface area contributed by atoms with Crippen LogP contribution >= 0.6 is 11.6 Å². The van der Waals surface area contributed by atoms with Crippen molar-refractivity contribution in [2.24, 2.45) is 5.92 Å². The van der Waals surface area contributed by atoms with Gasteiger partial charge in [0.05, 0.1) is 18.6 Å². The highest BCUT2D eigenvalue weighted by Gasteiger charge is 2.35. The van der Waals surface area contributed by atoms with E-state index in [4.69, 9.17) is 16.3 Å². The average Bonchev–Trinajstić information content (AvgIpc) is 3.06. The van der Waals surface area contributed by atoms with Crippen LogP contribution in [0.5, 0.6) is 5.75 Å². The molecule has 0 aromatic heterocycles. The van der Waals surface area contributed by atoms with E-state index in [2.05, 4.69) is 5.32 Å². The molecule has 0 radical (unpaired) electrons. The molecule has 0 aliphatic carbocycles. The summed E-state index contributed by atoms with van der Waals surface area (Å²) < 4.78 is 5.70. The second kappa shape index (κ2) is 8.65. The van der Waals surface area contributed by atoms with Crippen LogP contribution in [0, 0.1) is 12.8 Å². The second-order valence-electron chi connectivity index (χ2n) is 7.09. The highest BCUT2D eigenvalue weighted by atomic mass is 35.5. The van der Waals surface area contributed by atoms with Gasteiger partial charge in [0.15, 0.2) is 0 Å². The molecule has 28 heavy (non-hydrogen) atoms. The molecule has 2 aromatic carbocycles. The third kappa shape index (κ3) is 4.47. The van der Waals surface area contributed by atoms with Crippen molar-refractivity contribution < 1.29 is 14.3 Å². The number of hydrogen-bond acceptors (Lipinski definition) is 3. The number of aryl methyl sites for hydroxylation is 1. The van der Waals surface area contributed by atoms with E-state index in [0.29, 0.717) is 18.2 Å². The molecular weight excluding hydrogens is 376 g/mol. The van der Waals surface area contributed by atoms with Crippen LogP contribution in [0.25, 0.3) is 0 Å². The van der Waals surface area contributed by atoms with Gasteiger partial charge in [0.1, 0.15) is 5.75 Å². The summed E-state index contributed by atoms with van der Waals surface area (Å²) in [5.74, 6) is 0.208. The maximum atomic E-state index is 12.8. The van der Waals surface area contributed by atoms with Gasteiger partial charge in [-0.3, -0.25) is 9.59 Å². The Bertz CT molecular complexity index is 867. The van der Waals surface area contributed by atoms with E-state index in [1.54, 1.807) is 29.2 Å². The van der Waals surface area contributed by atoms with Crippen molar-refractivity contribution in [1.82, 2.24) is 5.32 Å². The van der Waals surface area contributed by atoms with Crippen molar-refractivity contribution in [1.29, 1.82) is 0 Å². The molecule has 2 amide bonds. The molecule has 1 aliphatic heterocycles. The third-order valence-electron chi connectivity index (χ3n) is 4.92. The normalized spacial score (nSPS) is 17.5. The molecule has 6 heteroatoms. The lowest BCUT2D eigenvalue weighted by Gasteiger charge is -2.21. The van der Waals surface area contributed by atoms with E-state index < -0.39 is 0 Å². The molecular formula is C22H25ClN2O3. The fraction of sp³-hybridized carbons (Fsp3) is 0.364. The summed E-state index contributed by atoms with van der Waals surface area (Å²) in [7, 11) is 0. The van der Waals surface area contributed by atoms with Crippen molar-refractivity contribution in [2.45, 2.75) is 33.2 Å². The largest absolute Gasteiger partial charge is 0.494 e. The van der Waals surface area contributed by atoms with E-state index in [1.807, 2.05) is 39.0 Å². The minimum Gasteiger partial charge on any atom is -0.494 e. The fourth-order valence-electron chi connectivity index (χ4n) is 3.46. The molecule has 148 valence electrons. The van der Waals surface area contributed by atoms with Crippen LogP contribution in [-0.2, 0) is 9.59 Å². The molecule has 5 nitrogen and oxygen atoms in total. The molecule has 1 N–H and O–H groups in total. The van der Waals surface area contributed by atoms with Gasteiger partial charge >= 0.3 is 0 Å². The maximum Gasteiger partial charge on any atom is 0.227 e. The summed E-state index contributed by atoms with van der Waals surface area (Å²) in [5.41, 5.74) is 2.80. The van der Waals surface area contributed by atoms with Crippen LogP contribution in [0.3, 0.4) is 0 Å². The van der Waals surface area contributed by atoms with Gasteiger partial charge < -0.3 is 15.0 Å². The smallest absolute Gasteiger partial charge is 0.227 e. The van der Waals surface area contributed by atoms with Crippen molar-refractivity contribution in [2.75, 3.05) is 18.1 Å². The number of carbonyl (C=O) groups is 2. The number of nitrogens with one attached hydrogen (secondary N) is 1. The molecule has 2 atom stereocenters. The molecule has 2 unspecified atom stereocenters. The molecule has 2 aromatic rings. The van der Waals surface area contributed by atoms with Gasteiger partial charge in [0.2, 0.25) is 11.8 Å². The molecule has 0 saturated carbocycles. The van der Waals surface area contributed by atoms with Crippen LogP contribution in [0.2, 0.25) is 5.02 Å². The molecule has 1 fully saturated rings. The number of benzene rings is 2. The van der Waals surface area contributed by atoms with Gasteiger partial charge in [-0.2, -0.15) is 0 Å². The number of nitrogens with zero attached hydrogens (tertiary/aromatic N) is 1. The average molecular weight is 401 g/mol. The third-order valence-corrected chi connectivity index (χ3v) is 5.18. The van der Waals surface area contributed by atoms with Crippen LogP contribution < -0.4 is 15.0 Å². The summed E-state index contributed by atoms with van der Waals surface area (Å²) in [5, 5.41) is 3.66. The first kappa shape index (κ1) is 20.2. The standard InChI is InChI=1S/C22H25ClN2O3/c1-4-28-20-10-5-14(2)11-19(20)15(3)24-22(27)16-12-21(26)25(13-16)18-8-6-17(23)7-9-18/h5-11,15-16H,4,12-13H2,1-3H3,(H,24,27). The van der Waals surface area contributed by atoms with Crippen LogP contribution in [-0.4, -0.2) is 25.0 Å². The first-order chi connectivity index (χ1) is 13.4. The molecule has 1 saturated heterocycles. The highest BCUT2D eigenvalue weighted by molar-refractivity contribution is 6.30. The van der Waals surface area contributed by atoms with Crippen molar-refractivity contribution in [3.05, 3.63) is 58.6 Å². The lowest BCUT2D eigenvalue weighted by atomic mass is 10.0. The quantitative estimate of drug-likeness (QED) is 0.787. The lowest BCUT2D eigenvalue weighted by Crippen LogP contribution is -2.34. The van der Waals surface area contributed by atoms with E-state index in [1.165, 1.54) is 0 Å². The monoisotopic (exact) mass is 400 g/mol. The van der Waals surface area contributed by atoms with Crippen molar-refractivity contribution in [3.8, 4) is 5.75 Å². The zero-order valence-corrected chi connectivity index (χ0v) is 17.1. The molecule has 1 aliphatic rings. The van der Waals surface area contributed by atoms with Gasteiger partial charge in [-0.1, -0.05) is 29.3 Å². The Morgan fingerprint density at radius 1 is 1.29 bits per heavy atom. The number of hydrogen-bond donors (Lipinski definition) is 1. The molecule has 0 bridgehead atoms. The molecule has 3 rings (SSSR count). The Morgan fingerprint density at radius 3 is 2.68 bits per heavy atom. The number of ether oxygens (including phenoxy) is 1. The Balaban J connectivity index is 1.69. The minimum atomic E-state index is -0.383. The van der Waals surface area contributed by atoms with E-state index in [0.717, 1.165) is 22.6 Å². The summed E-state index contributed by atoms with van der Waals surface area (Å²) >= 11 is 5.92. The second-order valence-corrected chi connectivity index (χ2v) is 7.52. The van der Waals surface area contributed by atoms with Gasteiger partial charge in [-0.05, 0) is 51.1 Å². The Kier molecular flexibility index (Phi) is 6.25. The predicted molar refractivity (Wildman–Crippen MR) is 111 cm³/mol. The van der Waals surface area contributed by atoms with Gasteiger partial charge in [0.25, 0.3) is 0 Å².